The Bertz CT molecular complexity index is 887. The summed E-state index contributed by atoms with van der Waals surface area (Å²) in [6.45, 7) is 3.02. The number of nitrogens with one attached hydrogen (secondary N) is 1. The molecule has 2 amide bonds. The lowest BCUT2D eigenvalue weighted by Crippen LogP contribution is -2.46. The normalized spacial score (nSPS) is 14.5. The molecule has 1 aliphatic rings. The first kappa shape index (κ1) is 20.7. The summed E-state index contributed by atoms with van der Waals surface area (Å²) in [5.74, 6) is -0.712. The first-order chi connectivity index (χ1) is 13.9. The third-order valence-corrected chi connectivity index (χ3v) is 5.30. The van der Waals surface area contributed by atoms with Gasteiger partial charge in [-0.3, -0.25) is 14.4 Å². The van der Waals surface area contributed by atoms with Crippen molar-refractivity contribution in [3.05, 3.63) is 71.0 Å². The average molecular weight is 396 g/mol. The molecular formula is C23H25FN2O3. The Kier molecular flexibility index (Phi) is 6.75. The standard InChI is InChI=1S/C23H25FN2O3/c1-16-4-2-3-5-20(16)23(29)25-19-12-14-26(15-13-19)22(28)11-10-21(27)17-6-8-18(24)9-7-17/h2-9,19H,10-15H2,1H3,(H,25,29). The lowest BCUT2D eigenvalue weighted by molar-refractivity contribution is -0.132. The van der Waals surface area contributed by atoms with E-state index in [0.717, 1.165) is 5.56 Å². The highest BCUT2D eigenvalue weighted by Gasteiger charge is 2.24. The Morgan fingerprint density at radius 3 is 2.31 bits per heavy atom. The number of halogens is 1. The minimum atomic E-state index is -0.394. The molecule has 3 rings (SSSR count). The summed E-state index contributed by atoms with van der Waals surface area (Å²) in [6, 6.07) is 12.8. The molecule has 0 saturated carbocycles. The van der Waals surface area contributed by atoms with Crippen LogP contribution in [0.3, 0.4) is 0 Å². The largest absolute Gasteiger partial charge is 0.349 e. The van der Waals surface area contributed by atoms with Gasteiger partial charge in [0, 0.05) is 43.1 Å². The number of rotatable bonds is 6. The maximum atomic E-state index is 12.9. The van der Waals surface area contributed by atoms with Gasteiger partial charge in [0.25, 0.3) is 5.91 Å². The fraction of sp³-hybridized carbons (Fsp3) is 0.348. The zero-order chi connectivity index (χ0) is 20.8. The topological polar surface area (TPSA) is 66.5 Å². The van der Waals surface area contributed by atoms with Crippen LogP contribution in [-0.2, 0) is 4.79 Å². The summed E-state index contributed by atoms with van der Waals surface area (Å²) < 4.78 is 12.9. The van der Waals surface area contributed by atoms with E-state index >= 15 is 0 Å². The molecule has 0 spiro atoms. The highest BCUT2D eigenvalue weighted by atomic mass is 19.1. The first-order valence-corrected chi connectivity index (χ1v) is 9.87. The molecule has 0 radical (unpaired) electrons. The molecule has 0 aromatic heterocycles. The molecule has 0 bridgehead atoms. The number of aryl methyl sites for hydroxylation is 1. The van der Waals surface area contributed by atoms with Crippen LogP contribution in [0.2, 0.25) is 0 Å². The van der Waals surface area contributed by atoms with Gasteiger partial charge in [-0.15, -0.1) is 0 Å². The second-order valence-electron chi connectivity index (χ2n) is 7.37. The van der Waals surface area contributed by atoms with Crippen LogP contribution in [0.15, 0.2) is 48.5 Å². The quantitative estimate of drug-likeness (QED) is 0.760. The second-order valence-corrected chi connectivity index (χ2v) is 7.37. The van der Waals surface area contributed by atoms with Crippen molar-refractivity contribution in [2.24, 2.45) is 0 Å². The van der Waals surface area contributed by atoms with Crippen molar-refractivity contribution in [1.82, 2.24) is 10.2 Å². The molecule has 6 heteroatoms. The van der Waals surface area contributed by atoms with Gasteiger partial charge in [0.1, 0.15) is 5.82 Å². The van der Waals surface area contributed by atoms with Crippen LogP contribution in [-0.4, -0.2) is 41.6 Å². The third kappa shape index (κ3) is 5.50. The molecule has 0 atom stereocenters. The van der Waals surface area contributed by atoms with E-state index in [1.165, 1.54) is 24.3 Å². The smallest absolute Gasteiger partial charge is 0.251 e. The number of carbonyl (C=O) groups is 3. The third-order valence-electron chi connectivity index (χ3n) is 5.30. The van der Waals surface area contributed by atoms with Gasteiger partial charge in [-0.25, -0.2) is 4.39 Å². The van der Waals surface area contributed by atoms with E-state index in [9.17, 15) is 18.8 Å². The maximum Gasteiger partial charge on any atom is 0.251 e. The van der Waals surface area contributed by atoms with Crippen LogP contribution >= 0.6 is 0 Å². The zero-order valence-electron chi connectivity index (χ0n) is 16.5. The molecule has 1 heterocycles. The van der Waals surface area contributed by atoms with Gasteiger partial charge in [0.2, 0.25) is 5.91 Å². The van der Waals surface area contributed by atoms with Gasteiger partial charge in [0.05, 0.1) is 0 Å². The molecule has 1 fully saturated rings. The Balaban J connectivity index is 1.43. The van der Waals surface area contributed by atoms with Gasteiger partial charge >= 0.3 is 0 Å². The molecule has 5 nitrogen and oxygen atoms in total. The van der Waals surface area contributed by atoms with E-state index in [-0.39, 0.29) is 36.5 Å². The van der Waals surface area contributed by atoms with Crippen LogP contribution < -0.4 is 5.32 Å². The summed E-state index contributed by atoms with van der Waals surface area (Å²) in [5, 5.41) is 3.05. The number of benzene rings is 2. The number of piperidine rings is 1. The molecule has 0 aliphatic carbocycles. The Morgan fingerprint density at radius 2 is 1.66 bits per heavy atom. The fourth-order valence-electron chi connectivity index (χ4n) is 3.52. The Morgan fingerprint density at radius 1 is 1.00 bits per heavy atom. The highest BCUT2D eigenvalue weighted by molar-refractivity contribution is 5.98. The van der Waals surface area contributed by atoms with Crippen LogP contribution in [0.5, 0.6) is 0 Å². The van der Waals surface area contributed by atoms with Crippen molar-refractivity contribution < 1.29 is 18.8 Å². The van der Waals surface area contributed by atoms with Gasteiger partial charge in [-0.05, 0) is 55.7 Å². The van der Waals surface area contributed by atoms with Crippen molar-refractivity contribution in [2.75, 3.05) is 13.1 Å². The Hall–Kier alpha value is -3.02. The van der Waals surface area contributed by atoms with E-state index in [1.54, 1.807) is 11.0 Å². The van der Waals surface area contributed by atoms with Crippen LogP contribution in [0.1, 0.15) is 52.0 Å². The fourth-order valence-corrected chi connectivity index (χ4v) is 3.52. The summed E-state index contributed by atoms with van der Waals surface area (Å²) in [4.78, 5) is 38.7. The predicted octanol–water partition coefficient (Wildman–Crippen LogP) is 3.52. The first-order valence-electron chi connectivity index (χ1n) is 9.87. The molecule has 2 aromatic rings. The zero-order valence-corrected chi connectivity index (χ0v) is 16.5. The molecule has 1 saturated heterocycles. The minimum Gasteiger partial charge on any atom is -0.349 e. The van der Waals surface area contributed by atoms with Crippen molar-refractivity contribution in [3.63, 3.8) is 0 Å². The van der Waals surface area contributed by atoms with Crippen molar-refractivity contribution >= 4 is 17.6 Å². The van der Waals surface area contributed by atoms with Crippen LogP contribution in [0.4, 0.5) is 4.39 Å². The van der Waals surface area contributed by atoms with Crippen molar-refractivity contribution in [2.45, 2.75) is 38.6 Å². The predicted molar refractivity (Wildman–Crippen MR) is 108 cm³/mol. The Labute approximate surface area is 169 Å². The summed E-state index contributed by atoms with van der Waals surface area (Å²) in [5.41, 5.74) is 2.02. The molecule has 29 heavy (non-hydrogen) atoms. The summed E-state index contributed by atoms with van der Waals surface area (Å²) in [7, 11) is 0. The molecule has 152 valence electrons. The van der Waals surface area contributed by atoms with E-state index in [2.05, 4.69) is 5.32 Å². The number of likely N-dealkylation sites (tertiary alicyclic amines) is 1. The number of carbonyl (C=O) groups excluding carboxylic acids is 3. The van der Waals surface area contributed by atoms with E-state index in [1.807, 2.05) is 25.1 Å². The number of amides is 2. The number of hydrogen-bond acceptors (Lipinski definition) is 3. The second kappa shape index (κ2) is 9.45. The summed E-state index contributed by atoms with van der Waals surface area (Å²) in [6.07, 6.45) is 1.62. The van der Waals surface area contributed by atoms with E-state index in [4.69, 9.17) is 0 Å². The minimum absolute atomic E-state index is 0.0343. The van der Waals surface area contributed by atoms with Crippen LogP contribution in [0, 0.1) is 12.7 Å². The monoisotopic (exact) mass is 396 g/mol. The lowest BCUT2D eigenvalue weighted by Gasteiger charge is -2.32. The lowest BCUT2D eigenvalue weighted by atomic mass is 10.0. The molecular weight excluding hydrogens is 371 g/mol. The van der Waals surface area contributed by atoms with Gasteiger partial charge in [0.15, 0.2) is 5.78 Å². The van der Waals surface area contributed by atoms with E-state index < -0.39 is 5.82 Å². The van der Waals surface area contributed by atoms with Crippen molar-refractivity contribution in [1.29, 1.82) is 0 Å². The number of nitrogens with zero attached hydrogens (tertiary/aromatic N) is 1. The highest BCUT2D eigenvalue weighted by Crippen LogP contribution is 2.15. The molecule has 1 aliphatic heterocycles. The number of Topliss-reactive ketones (excluding diaryl/α,β-unsaturated/α-hetero) is 1. The van der Waals surface area contributed by atoms with Gasteiger partial charge < -0.3 is 10.2 Å². The van der Waals surface area contributed by atoms with Gasteiger partial charge in [-0.1, -0.05) is 18.2 Å². The summed E-state index contributed by atoms with van der Waals surface area (Å²) >= 11 is 0. The van der Waals surface area contributed by atoms with Crippen molar-refractivity contribution in [3.8, 4) is 0 Å². The SMILES string of the molecule is Cc1ccccc1C(=O)NC1CCN(C(=O)CCC(=O)c2ccc(F)cc2)CC1. The number of hydrogen-bond donors (Lipinski definition) is 1. The average Bonchev–Trinajstić information content (AvgIpc) is 2.73. The number of ketones is 1. The molecule has 2 aromatic carbocycles. The van der Waals surface area contributed by atoms with Crippen LogP contribution in [0.25, 0.3) is 0 Å². The van der Waals surface area contributed by atoms with E-state index in [0.29, 0.717) is 37.1 Å². The van der Waals surface area contributed by atoms with Gasteiger partial charge in [-0.2, -0.15) is 0 Å². The molecule has 1 N–H and O–H groups in total. The maximum absolute atomic E-state index is 12.9. The molecule has 0 unspecified atom stereocenters.